The highest BCUT2D eigenvalue weighted by Gasteiger charge is 2.43. The van der Waals surface area contributed by atoms with Crippen molar-refractivity contribution in [3.63, 3.8) is 0 Å². The number of imidazole rings is 1. The van der Waals surface area contributed by atoms with Gasteiger partial charge in [0.1, 0.15) is 29.4 Å². The largest absolute Gasteiger partial charge is 0.408 e. The smallest absolute Gasteiger partial charge is 0.393 e. The third-order valence-corrected chi connectivity index (χ3v) is 6.84. The monoisotopic (exact) mass is 488 g/mol. The molecule has 2 bridgehead atoms. The lowest BCUT2D eigenvalue weighted by Crippen LogP contribution is -2.48. The van der Waals surface area contributed by atoms with Gasteiger partial charge in [-0.3, -0.25) is 18.9 Å². The van der Waals surface area contributed by atoms with Crippen molar-refractivity contribution in [3.8, 4) is 11.4 Å². The van der Waals surface area contributed by atoms with Crippen LogP contribution in [0, 0.1) is 5.82 Å². The number of rotatable bonds is 3. The first-order valence-electron chi connectivity index (χ1n) is 11.2. The van der Waals surface area contributed by atoms with Crippen molar-refractivity contribution in [3.05, 3.63) is 48.3 Å². The van der Waals surface area contributed by atoms with Crippen LogP contribution in [0.1, 0.15) is 36.2 Å². The normalized spacial score (nSPS) is 22.4. The Morgan fingerprint density at radius 2 is 1.86 bits per heavy atom. The van der Waals surface area contributed by atoms with E-state index in [1.54, 1.807) is 4.90 Å². The van der Waals surface area contributed by atoms with E-state index in [1.165, 1.54) is 41.2 Å². The van der Waals surface area contributed by atoms with Gasteiger partial charge in [-0.05, 0) is 43.9 Å². The third-order valence-electron chi connectivity index (χ3n) is 6.84. The van der Waals surface area contributed by atoms with Gasteiger partial charge in [0.15, 0.2) is 0 Å². The minimum atomic E-state index is -4.56. The number of halogens is 4. The fourth-order valence-electron chi connectivity index (χ4n) is 5.41. The summed E-state index contributed by atoms with van der Waals surface area (Å²) in [6.45, 7) is -1.37. The first kappa shape index (κ1) is 22.0. The van der Waals surface area contributed by atoms with Gasteiger partial charge in [-0.15, -0.1) is 0 Å². The van der Waals surface area contributed by atoms with Gasteiger partial charge in [0.05, 0.1) is 23.5 Å². The molecular formula is C23H20F4N6O2. The van der Waals surface area contributed by atoms with Crippen LogP contribution in [0.15, 0.2) is 36.8 Å². The van der Waals surface area contributed by atoms with Gasteiger partial charge < -0.3 is 10.0 Å². The SMILES string of the molecule is O=C(c1cc2c(cn1)c(-c1cnc3ccc(F)cn13)nn2CC(F)(F)F)N1C2CCC1CC(O)C2. The van der Waals surface area contributed by atoms with Gasteiger partial charge in [-0.25, -0.2) is 9.37 Å². The minimum Gasteiger partial charge on any atom is -0.393 e. The van der Waals surface area contributed by atoms with E-state index in [1.807, 2.05) is 0 Å². The summed E-state index contributed by atoms with van der Waals surface area (Å²) in [7, 11) is 0. The Morgan fingerprint density at radius 3 is 2.57 bits per heavy atom. The Morgan fingerprint density at radius 1 is 1.11 bits per heavy atom. The zero-order chi connectivity index (χ0) is 24.5. The van der Waals surface area contributed by atoms with E-state index in [9.17, 15) is 27.5 Å². The number of hydrogen-bond donors (Lipinski definition) is 1. The molecule has 182 valence electrons. The highest BCUT2D eigenvalue weighted by molar-refractivity contribution is 5.99. The summed E-state index contributed by atoms with van der Waals surface area (Å²) in [5.41, 5.74) is 0.961. The average molecular weight is 488 g/mol. The number of fused-ring (bicyclic) bond motifs is 4. The number of nitrogens with zero attached hydrogens (tertiary/aromatic N) is 6. The summed E-state index contributed by atoms with van der Waals surface area (Å²) in [4.78, 5) is 23.5. The second-order valence-electron chi connectivity index (χ2n) is 9.15. The number of amides is 1. The van der Waals surface area contributed by atoms with E-state index >= 15 is 0 Å². The molecule has 1 N–H and O–H groups in total. The molecule has 4 aromatic heterocycles. The van der Waals surface area contributed by atoms with Crippen LogP contribution in [0.4, 0.5) is 17.6 Å². The van der Waals surface area contributed by atoms with E-state index in [0.29, 0.717) is 24.2 Å². The fraction of sp³-hybridized carbons (Fsp3) is 0.391. The number of aliphatic hydroxyl groups is 1. The lowest BCUT2D eigenvalue weighted by Gasteiger charge is -2.37. The maximum Gasteiger partial charge on any atom is 0.408 e. The van der Waals surface area contributed by atoms with E-state index in [-0.39, 0.29) is 40.3 Å². The quantitative estimate of drug-likeness (QED) is 0.446. The molecular weight excluding hydrogens is 468 g/mol. The number of hydrogen-bond acceptors (Lipinski definition) is 5. The number of aromatic nitrogens is 5. The predicted octanol–water partition coefficient (Wildman–Crippen LogP) is 3.58. The summed E-state index contributed by atoms with van der Waals surface area (Å²) in [6.07, 6.45) is 1.40. The molecule has 6 heterocycles. The minimum absolute atomic E-state index is 0.0184. The number of carbonyl (C=O) groups excluding carboxylic acids is 1. The maximum atomic E-state index is 13.9. The van der Waals surface area contributed by atoms with E-state index in [4.69, 9.17) is 0 Å². The molecule has 2 aliphatic heterocycles. The molecule has 12 heteroatoms. The first-order valence-corrected chi connectivity index (χ1v) is 11.2. The molecule has 2 fully saturated rings. The van der Waals surface area contributed by atoms with Crippen molar-refractivity contribution in [2.24, 2.45) is 0 Å². The standard InChI is InChI=1S/C23H20F4N6O2/c24-12-1-4-20-29-9-19(31(20)10-12)21-16-8-28-17(7-18(16)32(30-21)11-23(25,26)27)22(35)33-13-2-3-14(33)6-15(34)5-13/h1,4,7-10,13-15,34H,2-3,5-6,11H2. The summed E-state index contributed by atoms with van der Waals surface area (Å²) in [5, 5.41) is 14.5. The Hall–Kier alpha value is -3.54. The van der Waals surface area contributed by atoms with Crippen molar-refractivity contribution >= 4 is 22.5 Å². The molecule has 0 aliphatic carbocycles. The van der Waals surface area contributed by atoms with Crippen molar-refractivity contribution < 1.29 is 27.5 Å². The highest BCUT2D eigenvalue weighted by atomic mass is 19.4. The van der Waals surface area contributed by atoms with Gasteiger partial charge in [-0.1, -0.05) is 0 Å². The summed E-state index contributed by atoms with van der Waals surface area (Å²) in [6, 6.07) is 3.79. The molecule has 0 saturated carbocycles. The third kappa shape index (κ3) is 3.72. The number of aliphatic hydroxyl groups excluding tert-OH is 1. The molecule has 2 unspecified atom stereocenters. The maximum absolute atomic E-state index is 13.9. The fourth-order valence-corrected chi connectivity index (χ4v) is 5.41. The molecule has 35 heavy (non-hydrogen) atoms. The summed E-state index contributed by atoms with van der Waals surface area (Å²) >= 11 is 0. The number of alkyl halides is 3. The van der Waals surface area contributed by atoms with Crippen molar-refractivity contribution in [2.45, 2.75) is 56.6 Å². The number of piperidine rings is 1. The van der Waals surface area contributed by atoms with Crippen LogP contribution in [0.5, 0.6) is 0 Å². The lowest BCUT2D eigenvalue weighted by molar-refractivity contribution is -0.141. The zero-order valence-electron chi connectivity index (χ0n) is 18.3. The molecule has 0 aromatic carbocycles. The Bertz CT molecular complexity index is 1450. The van der Waals surface area contributed by atoms with E-state index in [2.05, 4.69) is 15.1 Å². The van der Waals surface area contributed by atoms with Crippen molar-refractivity contribution in [1.29, 1.82) is 0 Å². The Labute approximate surface area is 195 Å². The molecule has 2 aliphatic rings. The average Bonchev–Trinajstić information content (AvgIpc) is 3.44. The number of pyridine rings is 2. The summed E-state index contributed by atoms with van der Waals surface area (Å²) < 4.78 is 56.2. The summed E-state index contributed by atoms with van der Waals surface area (Å²) in [5.74, 6) is -0.910. The molecule has 0 spiro atoms. The first-order chi connectivity index (χ1) is 16.7. The predicted molar refractivity (Wildman–Crippen MR) is 116 cm³/mol. The lowest BCUT2D eigenvalue weighted by atomic mass is 9.99. The van der Waals surface area contributed by atoms with Crippen LogP contribution in [0.3, 0.4) is 0 Å². The van der Waals surface area contributed by atoms with Gasteiger partial charge in [0.2, 0.25) is 0 Å². The van der Waals surface area contributed by atoms with Crippen LogP contribution < -0.4 is 0 Å². The van der Waals surface area contributed by atoms with E-state index in [0.717, 1.165) is 17.5 Å². The van der Waals surface area contributed by atoms with Crippen LogP contribution in [-0.4, -0.2) is 64.4 Å². The second-order valence-corrected chi connectivity index (χ2v) is 9.15. The Kier molecular flexibility index (Phi) is 4.85. The van der Waals surface area contributed by atoms with Crippen molar-refractivity contribution in [1.82, 2.24) is 29.0 Å². The molecule has 4 aromatic rings. The van der Waals surface area contributed by atoms with Crippen LogP contribution in [0.2, 0.25) is 0 Å². The zero-order valence-corrected chi connectivity index (χ0v) is 18.3. The molecule has 0 radical (unpaired) electrons. The van der Waals surface area contributed by atoms with Gasteiger partial charge in [0, 0.05) is 29.9 Å². The van der Waals surface area contributed by atoms with Crippen LogP contribution in [-0.2, 0) is 6.54 Å². The highest BCUT2D eigenvalue weighted by Crippen LogP contribution is 2.37. The van der Waals surface area contributed by atoms with E-state index < -0.39 is 24.6 Å². The molecule has 2 atom stereocenters. The van der Waals surface area contributed by atoms with Crippen molar-refractivity contribution in [2.75, 3.05) is 0 Å². The molecule has 6 rings (SSSR count). The molecule has 8 nitrogen and oxygen atoms in total. The van der Waals surface area contributed by atoms with Gasteiger partial charge in [-0.2, -0.15) is 18.3 Å². The van der Waals surface area contributed by atoms with Gasteiger partial charge >= 0.3 is 6.18 Å². The second kappa shape index (κ2) is 7.74. The molecule has 1 amide bonds. The molecule has 2 saturated heterocycles. The van der Waals surface area contributed by atoms with Crippen LogP contribution in [0.25, 0.3) is 27.9 Å². The Balaban J connectivity index is 1.47. The van der Waals surface area contributed by atoms with Gasteiger partial charge in [0.25, 0.3) is 5.91 Å². The topological polar surface area (TPSA) is 88.6 Å². The van der Waals surface area contributed by atoms with Crippen LogP contribution >= 0.6 is 0 Å². The number of carbonyl (C=O) groups is 1.